The molecule has 108 valence electrons. The summed E-state index contributed by atoms with van der Waals surface area (Å²) in [7, 11) is 0. The van der Waals surface area contributed by atoms with E-state index in [1.165, 1.54) is 12.1 Å². The summed E-state index contributed by atoms with van der Waals surface area (Å²) in [5.41, 5.74) is -1.32. The van der Waals surface area contributed by atoms with E-state index in [1.807, 2.05) is 0 Å². The van der Waals surface area contributed by atoms with Crippen LogP contribution < -0.4 is 0 Å². The van der Waals surface area contributed by atoms with Crippen LogP contribution >= 0.6 is 11.3 Å². The number of hydrogen-bond donors (Lipinski definition) is 2. The molecule has 0 bridgehead atoms. The van der Waals surface area contributed by atoms with Crippen molar-refractivity contribution in [1.82, 2.24) is 0 Å². The molecule has 0 aliphatic rings. The molecule has 1 heterocycles. The topological polar surface area (TPSA) is 57.5 Å². The fourth-order valence-corrected chi connectivity index (χ4v) is 2.22. The maximum Gasteiger partial charge on any atom is 0.417 e. The quantitative estimate of drug-likeness (QED) is 0.792. The average Bonchev–Trinajstić information content (AvgIpc) is 2.85. The molecule has 0 aliphatic carbocycles. The summed E-state index contributed by atoms with van der Waals surface area (Å²) in [6.45, 7) is 0. The minimum Gasteiger partial charge on any atom is -0.508 e. The van der Waals surface area contributed by atoms with Crippen LogP contribution in [0.1, 0.15) is 25.7 Å². The van der Waals surface area contributed by atoms with E-state index in [0.29, 0.717) is 10.9 Å². The number of rotatable bonds is 1. The molecule has 0 aliphatic heterocycles. The summed E-state index contributed by atoms with van der Waals surface area (Å²) in [6, 6.07) is 5.53. The molecule has 7 heteroatoms. The molecule has 1 aromatic carbocycles. The summed E-state index contributed by atoms with van der Waals surface area (Å²) < 4.78 is 38.4. The summed E-state index contributed by atoms with van der Waals surface area (Å²) in [5, 5.41) is 17.9. The Morgan fingerprint density at radius 2 is 1.86 bits per heavy atom. The number of carboxylic acid groups (broad SMARTS) is 1. The molecule has 2 aromatic rings. The Kier molecular flexibility index (Phi) is 3.91. The van der Waals surface area contributed by atoms with E-state index in [0.717, 1.165) is 23.5 Å². The molecule has 0 spiro atoms. The van der Waals surface area contributed by atoms with Crippen molar-refractivity contribution >= 4 is 17.3 Å². The van der Waals surface area contributed by atoms with Crippen LogP contribution in [0, 0.1) is 11.8 Å². The molecular formula is C14H7F3O3S. The Morgan fingerprint density at radius 3 is 2.43 bits per heavy atom. The summed E-state index contributed by atoms with van der Waals surface area (Å²) in [4.78, 5) is 11.1. The van der Waals surface area contributed by atoms with Crippen molar-refractivity contribution < 1.29 is 28.2 Å². The molecule has 2 N–H and O–H groups in total. The molecule has 3 nitrogen and oxygen atoms in total. The van der Waals surface area contributed by atoms with Gasteiger partial charge in [0, 0.05) is 5.56 Å². The highest BCUT2D eigenvalue weighted by molar-refractivity contribution is 7.14. The van der Waals surface area contributed by atoms with Gasteiger partial charge in [-0.1, -0.05) is 11.8 Å². The average molecular weight is 312 g/mol. The van der Waals surface area contributed by atoms with Crippen LogP contribution in [-0.4, -0.2) is 16.2 Å². The Morgan fingerprint density at radius 1 is 1.14 bits per heavy atom. The molecule has 2 rings (SSSR count). The number of thiophene rings is 1. The summed E-state index contributed by atoms with van der Waals surface area (Å²) in [5.74, 6) is 3.22. The highest BCUT2D eigenvalue weighted by Gasteiger charge is 2.33. The van der Waals surface area contributed by atoms with Crippen LogP contribution in [0.25, 0.3) is 0 Å². The minimum absolute atomic E-state index is 0.0565. The zero-order valence-electron chi connectivity index (χ0n) is 10.2. The first kappa shape index (κ1) is 14.9. The van der Waals surface area contributed by atoms with Gasteiger partial charge < -0.3 is 10.2 Å². The van der Waals surface area contributed by atoms with E-state index >= 15 is 0 Å². The number of alkyl halides is 3. The normalized spacial score (nSPS) is 10.8. The van der Waals surface area contributed by atoms with E-state index in [9.17, 15) is 18.0 Å². The lowest BCUT2D eigenvalue weighted by Gasteiger charge is -2.09. The Bertz CT molecular complexity index is 751. The monoisotopic (exact) mass is 312 g/mol. The van der Waals surface area contributed by atoms with Gasteiger partial charge in [0.2, 0.25) is 0 Å². The lowest BCUT2D eigenvalue weighted by atomic mass is 10.1. The second-order valence-electron chi connectivity index (χ2n) is 3.95. The van der Waals surface area contributed by atoms with Gasteiger partial charge in [-0.15, -0.1) is 11.3 Å². The Hall–Kier alpha value is -2.46. The highest BCUT2D eigenvalue weighted by Crippen LogP contribution is 2.33. The molecule has 0 atom stereocenters. The van der Waals surface area contributed by atoms with Gasteiger partial charge in [-0.3, -0.25) is 0 Å². The van der Waals surface area contributed by atoms with E-state index in [1.54, 1.807) is 0 Å². The number of hydrogen-bond acceptors (Lipinski definition) is 3. The van der Waals surface area contributed by atoms with Crippen molar-refractivity contribution in [3.63, 3.8) is 0 Å². The minimum atomic E-state index is -4.63. The van der Waals surface area contributed by atoms with Gasteiger partial charge in [-0.25, -0.2) is 4.79 Å². The van der Waals surface area contributed by atoms with Gasteiger partial charge in [0.15, 0.2) is 0 Å². The van der Waals surface area contributed by atoms with Gasteiger partial charge in [0.25, 0.3) is 0 Å². The van der Waals surface area contributed by atoms with Gasteiger partial charge in [-0.05, 0) is 30.3 Å². The maximum absolute atomic E-state index is 12.8. The number of carbonyl (C=O) groups is 1. The third-order valence-corrected chi connectivity index (χ3v) is 3.43. The lowest BCUT2D eigenvalue weighted by Crippen LogP contribution is -2.07. The van der Waals surface area contributed by atoms with Crippen molar-refractivity contribution in [2.24, 2.45) is 0 Å². The fourth-order valence-electron chi connectivity index (χ4n) is 1.52. The second-order valence-corrected chi connectivity index (χ2v) is 5.03. The Labute approximate surface area is 121 Å². The summed E-state index contributed by atoms with van der Waals surface area (Å²) >= 11 is 0.873. The van der Waals surface area contributed by atoms with E-state index in [2.05, 4.69) is 11.8 Å². The van der Waals surface area contributed by atoms with Gasteiger partial charge in [-0.2, -0.15) is 13.2 Å². The summed E-state index contributed by atoms with van der Waals surface area (Å²) in [6.07, 6.45) is -4.63. The first-order valence-corrected chi connectivity index (χ1v) is 6.34. The first-order chi connectivity index (χ1) is 9.77. The standard InChI is InChI=1S/C14H7F3O3S/c15-14(16,17)11-7-9(18)3-1-8(11)2-4-10-5-6-12(21-10)13(19)20/h1,3,5-7,18H,(H,19,20). The molecule has 0 saturated carbocycles. The largest absolute Gasteiger partial charge is 0.508 e. The SMILES string of the molecule is O=C(O)c1ccc(C#Cc2ccc(O)cc2C(F)(F)F)s1. The number of carboxylic acids is 1. The van der Waals surface area contributed by atoms with Crippen LogP contribution in [0.2, 0.25) is 0 Å². The zero-order valence-corrected chi connectivity index (χ0v) is 11.0. The molecule has 0 fully saturated rings. The van der Waals surface area contributed by atoms with Crippen molar-refractivity contribution in [3.8, 4) is 17.6 Å². The number of phenolic OH excluding ortho intramolecular Hbond substituents is 1. The molecule has 0 unspecified atom stereocenters. The van der Waals surface area contributed by atoms with Crippen molar-refractivity contribution in [2.45, 2.75) is 6.18 Å². The van der Waals surface area contributed by atoms with Gasteiger partial charge >= 0.3 is 12.1 Å². The fraction of sp³-hybridized carbons (Fsp3) is 0.0714. The van der Waals surface area contributed by atoms with E-state index < -0.39 is 23.5 Å². The molecule has 0 radical (unpaired) electrons. The molecule has 21 heavy (non-hydrogen) atoms. The first-order valence-electron chi connectivity index (χ1n) is 5.53. The van der Waals surface area contributed by atoms with Crippen LogP contribution in [0.3, 0.4) is 0 Å². The number of halogens is 3. The third-order valence-electron chi connectivity index (χ3n) is 2.45. The smallest absolute Gasteiger partial charge is 0.417 e. The van der Waals surface area contributed by atoms with Crippen molar-refractivity contribution in [2.75, 3.05) is 0 Å². The lowest BCUT2D eigenvalue weighted by molar-refractivity contribution is -0.137. The van der Waals surface area contributed by atoms with E-state index in [4.69, 9.17) is 10.2 Å². The number of aromatic carboxylic acids is 1. The molecule has 1 aromatic heterocycles. The maximum atomic E-state index is 12.8. The van der Waals surface area contributed by atoms with Gasteiger partial charge in [0.05, 0.1) is 10.4 Å². The van der Waals surface area contributed by atoms with Gasteiger partial charge in [0.1, 0.15) is 10.6 Å². The van der Waals surface area contributed by atoms with Crippen molar-refractivity contribution in [3.05, 3.63) is 51.2 Å². The third kappa shape index (κ3) is 3.55. The number of benzene rings is 1. The predicted molar refractivity (Wildman–Crippen MR) is 70.4 cm³/mol. The molecular weight excluding hydrogens is 305 g/mol. The van der Waals surface area contributed by atoms with Crippen molar-refractivity contribution in [1.29, 1.82) is 0 Å². The molecule has 0 saturated heterocycles. The Balaban J connectivity index is 2.40. The van der Waals surface area contributed by atoms with Crippen LogP contribution in [0.15, 0.2) is 30.3 Å². The zero-order chi connectivity index (χ0) is 15.6. The second kappa shape index (κ2) is 5.50. The number of phenols is 1. The number of aromatic hydroxyl groups is 1. The molecule has 0 amide bonds. The van der Waals surface area contributed by atoms with E-state index in [-0.39, 0.29) is 10.4 Å². The van der Waals surface area contributed by atoms with Crippen LogP contribution in [0.5, 0.6) is 5.75 Å². The predicted octanol–water partition coefficient (Wildman–Crippen LogP) is 3.57. The highest BCUT2D eigenvalue weighted by atomic mass is 32.1. The van der Waals surface area contributed by atoms with Crippen LogP contribution in [-0.2, 0) is 6.18 Å². The van der Waals surface area contributed by atoms with Crippen LogP contribution in [0.4, 0.5) is 13.2 Å².